The predicted molar refractivity (Wildman–Crippen MR) is 76.4 cm³/mol. The van der Waals surface area contributed by atoms with E-state index >= 15 is 0 Å². The zero-order chi connectivity index (χ0) is 12.8. The molecule has 0 aliphatic rings. The Balaban J connectivity index is 2.08. The Kier molecular flexibility index (Phi) is 4.87. The fraction of sp³-hybridized carbons (Fsp3) is 0.357. The summed E-state index contributed by atoms with van der Waals surface area (Å²) < 4.78 is 0. The summed E-state index contributed by atoms with van der Waals surface area (Å²) in [7, 11) is 0. The molecule has 2 rings (SSSR count). The van der Waals surface area contributed by atoms with E-state index in [0.717, 1.165) is 18.1 Å². The molecule has 0 saturated carbocycles. The Morgan fingerprint density at radius 2 is 2.11 bits per heavy atom. The summed E-state index contributed by atoms with van der Waals surface area (Å²) >= 11 is 1.70. The van der Waals surface area contributed by atoms with Crippen molar-refractivity contribution in [2.24, 2.45) is 5.73 Å². The van der Waals surface area contributed by atoms with Gasteiger partial charge in [-0.1, -0.05) is 30.3 Å². The Hall–Kier alpha value is -1.23. The van der Waals surface area contributed by atoms with Gasteiger partial charge in [0.2, 0.25) is 0 Å². The highest BCUT2D eigenvalue weighted by atomic mass is 32.1. The van der Waals surface area contributed by atoms with Crippen LogP contribution in [0, 0.1) is 0 Å². The number of rotatable bonds is 6. The highest BCUT2D eigenvalue weighted by molar-refractivity contribution is 7.09. The van der Waals surface area contributed by atoms with Crippen LogP contribution in [0.1, 0.15) is 23.5 Å². The van der Waals surface area contributed by atoms with Gasteiger partial charge >= 0.3 is 0 Å². The lowest BCUT2D eigenvalue weighted by Gasteiger charge is -2.27. The minimum Gasteiger partial charge on any atom is -0.329 e. The Bertz CT molecular complexity index is 441. The van der Waals surface area contributed by atoms with E-state index < -0.39 is 0 Å². The summed E-state index contributed by atoms with van der Waals surface area (Å²) in [5, 5.41) is 3.17. The van der Waals surface area contributed by atoms with Crippen LogP contribution in [0.25, 0.3) is 0 Å². The molecule has 1 aromatic carbocycles. The fourth-order valence-electron chi connectivity index (χ4n) is 1.99. The molecular formula is C14H19N3S. The maximum absolute atomic E-state index is 5.72. The largest absolute Gasteiger partial charge is 0.329 e. The van der Waals surface area contributed by atoms with E-state index in [1.54, 1.807) is 11.3 Å². The molecule has 0 saturated heterocycles. The molecule has 18 heavy (non-hydrogen) atoms. The Morgan fingerprint density at radius 1 is 1.33 bits per heavy atom. The Morgan fingerprint density at radius 3 is 2.72 bits per heavy atom. The van der Waals surface area contributed by atoms with Gasteiger partial charge in [0, 0.05) is 31.2 Å². The number of nitrogens with two attached hydrogens (primary N) is 1. The van der Waals surface area contributed by atoms with E-state index in [9.17, 15) is 0 Å². The van der Waals surface area contributed by atoms with Gasteiger partial charge in [-0.05, 0) is 12.5 Å². The van der Waals surface area contributed by atoms with Crippen molar-refractivity contribution in [3.8, 4) is 0 Å². The second-order valence-corrected chi connectivity index (χ2v) is 5.22. The molecule has 1 heterocycles. The molecule has 1 unspecified atom stereocenters. The highest BCUT2D eigenvalue weighted by Crippen LogP contribution is 2.23. The molecule has 0 fully saturated rings. The van der Waals surface area contributed by atoms with Crippen LogP contribution in [0.4, 0.5) is 0 Å². The molecule has 96 valence electrons. The highest BCUT2D eigenvalue weighted by Gasteiger charge is 2.17. The molecule has 0 amide bonds. The molecule has 0 aliphatic carbocycles. The van der Waals surface area contributed by atoms with Crippen molar-refractivity contribution in [3.63, 3.8) is 0 Å². The molecule has 3 nitrogen and oxygen atoms in total. The van der Waals surface area contributed by atoms with Crippen LogP contribution in [-0.2, 0) is 6.54 Å². The first-order chi connectivity index (χ1) is 8.81. The third-order valence-electron chi connectivity index (χ3n) is 3.00. The minimum atomic E-state index is 0.314. The van der Waals surface area contributed by atoms with Crippen molar-refractivity contribution in [1.29, 1.82) is 0 Å². The van der Waals surface area contributed by atoms with Crippen molar-refractivity contribution in [1.82, 2.24) is 9.88 Å². The normalized spacial score (nSPS) is 12.8. The monoisotopic (exact) mass is 261 g/mol. The van der Waals surface area contributed by atoms with E-state index in [-0.39, 0.29) is 0 Å². The van der Waals surface area contributed by atoms with Gasteiger partial charge in [-0.2, -0.15) is 0 Å². The van der Waals surface area contributed by atoms with Crippen molar-refractivity contribution in [3.05, 3.63) is 52.5 Å². The molecular weight excluding hydrogens is 242 g/mol. The molecule has 2 N–H and O–H groups in total. The van der Waals surface area contributed by atoms with E-state index in [1.807, 2.05) is 17.6 Å². The van der Waals surface area contributed by atoms with Crippen molar-refractivity contribution < 1.29 is 0 Å². The van der Waals surface area contributed by atoms with Crippen LogP contribution in [-0.4, -0.2) is 23.0 Å². The Labute approximate surface area is 112 Å². The number of nitrogens with zero attached hydrogens (tertiary/aromatic N) is 2. The van der Waals surface area contributed by atoms with Crippen LogP contribution in [0.15, 0.2) is 41.9 Å². The molecule has 0 spiro atoms. The summed E-state index contributed by atoms with van der Waals surface area (Å²) in [4.78, 5) is 6.77. The summed E-state index contributed by atoms with van der Waals surface area (Å²) in [5.74, 6) is 0. The van der Waals surface area contributed by atoms with Crippen LogP contribution in [0.3, 0.4) is 0 Å². The van der Waals surface area contributed by atoms with Gasteiger partial charge in [-0.15, -0.1) is 11.3 Å². The van der Waals surface area contributed by atoms with Gasteiger partial charge in [0.25, 0.3) is 0 Å². The number of thiazole rings is 1. The SMILES string of the molecule is CC(c1nccs1)N(CCN)Cc1ccccc1. The number of hydrogen-bond acceptors (Lipinski definition) is 4. The molecule has 0 bridgehead atoms. The minimum absolute atomic E-state index is 0.314. The van der Waals surface area contributed by atoms with Crippen LogP contribution in [0.5, 0.6) is 0 Å². The lowest BCUT2D eigenvalue weighted by atomic mass is 10.2. The van der Waals surface area contributed by atoms with Crippen LogP contribution >= 0.6 is 11.3 Å². The average molecular weight is 261 g/mol. The predicted octanol–water partition coefficient (Wildman–Crippen LogP) is 2.67. The smallest absolute Gasteiger partial charge is 0.109 e. The van der Waals surface area contributed by atoms with Crippen molar-refractivity contribution in [2.75, 3.05) is 13.1 Å². The zero-order valence-electron chi connectivity index (χ0n) is 10.6. The molecule has 0 aliphatic heterocycles. The number of hydrogen-bond donors (Lipinski definition) is 1. The maximum Gasteiger partial charge on any atom is 0.109 e. The first-order valence-electron chi connectivity index (χ1n) is 6.18. The van der Waals surface area contributed by atoms with Crippen LogP contribution in [0.2, 0.25) is 0 Å². The van der Waals surface area contributed by atoms with E-state index in [4.69, 9.17) is 5.73 Å². The molecule has 4 heteroatoms. The average Bonchev–Trinajstić information content (AvgIpc) is 2.92. The standard InChI is InChI=1S/C14H19N3S/c1-12(14-16-8-10-18-14)17(9-7-15)11-13-5-3-2-4-6-13/h2-6,8,10,12H,7,9,11,15H2,1H3. The summed E-state index contributed by atoms with van der Waals surface area (Å²) in [6.07, 6.45) is 1.86. The quantitative estimate of drug-likeness (QED) is 0.869. The molecule has 2 aromatic rings. The van der Waals surface area contributed by atoms with E-state index in [0.29, 0.717) is 12.6 Å². The first-order valence-corrected chi connectivity index (χ1v) is 7.06. The molecule has 0 radical (unpaired) electrons. The van der Waals surface area contributed by atoms with Gasteiger partial charge < -0.3 is 5.73 Å². The second kappa shape index (κ2) is 6.64. The second-order valence-electron chi connectivity index (χ2n) is 4.29. The summed E-state index contributed by atoms with van der Waals surface area (Å²) in [6.45, 7) is 4.66. The lowest BCUT2D eigenvalue weighted by molar-refractivity contribution is 0.207. The van der Waals surface area contributed by atoms with Gasteiger partial charge in [-0.25, -0.2) is 4.98 Å². The van der Waals surface area contributed by atoms with E-state index in [2.05, 4.69) is 41.1 Å². The van der Waals surface area contributed by atoms with Gasteiger partial charge in [0.15, 0.2) is 0 Å². The van der Waals surface area contributed by atoms with Gasteiger partial charge in [0.1, 0.15) is 5.01 Å². The summed E-state index contributed by atoms with van der Waals surface area (Å²) in [6, 6.07) is 10.8. The van der Waals surface area contributed by atoms with Gasteiger partial charge in [0.05, 0.1) is 6.04 Å². The third-order valence-corrected chi connectivity index (χ3v) is 3.95. The maximum atomic E-state index is 5.72. The van der Waals surface area contributed by atoms with E-state index in [1.165, 1.54) is 5.56 Å². The zero-order valence-corrected chi connectivity index (χ0v) is 11.4. The molecule has 1 aromatic heterocycles. The lowest BCUT2D eigenvalue weighted by Crippen LogP contribution is -2.31. The first kappa shape index (κ1) is 13.2. The molecule has 1 atom stereocenters. The van der Waals surface area contributed by atoms with Gasteiger partial charge in [-0.3, -0.25) is 4.90 Å². The third kappa shape index (κ3) is 3.38. The summed E-state index contributed by atoms with van der Waals surface area (Å²) in [5.41, 5.74) is 7.03. The van der Waals surface area contributed by atoms with Crippen molar-refractivity contribution in [2.45, 2.75) is 19.5 Å². The fourth-order valence-corrected chi connectivity index (χ4v) is 2.72. The number of benzene rings is 1. The number of aromatic nitrogens is 1. The van der Waals surface area contributed by atoms with Crippen molar-refractivity contribution >= 4 is 11.3 Å². The van der Waals surface area contributed by atoms with Crippen LogP contribution < -0.4 is 5.73 Å². The topological polar surface area (TPSA) is 42.2 Å².